The number of H-pyrrole nitrogens is 1. The van der Waals surface area contributed by atoms with Gasteiger partial charge in [0.2, 0.25) is 0 Å². The van der Waals surface area contributed by atoms with Gasteiger partial charge in [0.25, 0.3) is 0 Å². The Balaban J connectivity index is 1.97. The van der Waals surface area contributed by atoms with Crippen molar-refractivity contribution in [3.63, 3.8) is 0 Å². The second kappa shape index (κ2) is 4.13. The SMILES string of the molecule is Cc1cc(-c2nc3ncccc3[nH]2)nc2ccccc12. The first-order valence-corrected chi connectivity index (χ1v) is 6.49. The zero-order valence-electron chi connectivity index (χ0n) is 11.0. The number of pyridine rings is 2. The molecule has 0 saturated carbocycles. The number of hydrogen-bond acceptors (Lipinski definition) is 3. The number of benzene rings is 1. The van der Waals surface area contributed by atoms with Crippen LogP contribution in [0.4, 0.5) is 0 Å². The first-order chi connectivity index (χ1) is 9.81. The summed E-state index contributed by atoms with van der Waals surface area (Å²) < 4.78 is 0. The third-order valence-corrected chi connectivity index (χ3v) is 3.42. The van der Waals surface area contributed by atoms with Crippen LogP contribution in [0.3, 0.4) is 0 Å². The van der Waals surface area contributed by atoms with Crippen LogP contribution in [-0.2, 0) is 0 Å². The molecule has 0 fully saturated rings. The molecule has 0 spiro atoms. The van der Waals surface area contributed by atoms with Crippen molar-refractivity contribution in [2.75, 3.05) is 0 Å². The van der Waals surface area contributed by atoms with Gasteiger partial charge in [-0.05, 0) is 36.8 Å². The summed E-state index contributed by atoms with van der Waals surface area (Å²) >= 11 is 0. The van der Waals surface area contributed by atoms with E-state index < -0.39 is 0 Å². The van der Waals surface area contributed by atoms with Crippen molar-refractivity contribution in [2.24, 2.45) is 0 Å². The van der Waals surface area contributed by atoms with Gasteiger partial charge in [0, 0.05) is 11.6 Å². The van der Waals surface area contributed by atoms with E-state index in [2.05, 4.69) is 39.0 Å². The van der Waals surface area contributed by atoms with Gasteiger partial charge in [-0.1, -0.05) is 18.2 Å². The topological polar surface area (TPSA) is 54.5 Å². The van der Waals surface area contributed by atoms with E-state index in [1.165, 1.54) is 10.9 Å². The quantitative estimate of drug-likeness (QED) is 0.570. The second-order valence-electron chi connectivity index (χ2n) is 4.80. The largest absolute Gasteiger partial charge is 0.335 e. The molecule has 20 heavy (non-hydrogen) atoms. The maximum absolute atomic E-state index is 4.68. The number of hydrogen-bond donors (Lipinski definition) is 1. The van der Waals surface area contributed by atoms with Gasteiger partial charge in [0.15, 0.2) is 11.5 Å². The number of fused-ring (bicyclic) bond motifs is 2. The van der Waals surface area contributed by atoms with Crippen molar-refractivity contribution in [1.29, 1.82) is 0 Å². The maximum Gasteiger partial charge on any atom is 0.178 e. The van der Waals surface area contributed by atoms with Gasteiger partial charge in [-0.25, -0.2) is 15.0 Å². The Morgan fingerprint density at radius 2 is 1.90 bits per heavy atom. The summed E-state index contributed by atoms with van der Waals surface area (Å²) in [6, 6.07) is 14.0. The van der Waals surface area contributed by atoms with Crippen LogP contribution in [0.15, 0.2) is 48.7 Å². The van der Waals surface area contributed by atoms with Crippen molar-refractivity contribution in [3.05, 3.63) is 54.2 Å². The highest BCUT2D eigenvalue weighted by Crippen LogP contribution is 2.23. The monoisotopic (exact) mass is 260 g/mol. The summed E-state index contributed by atoms with van der Waals surface area (Å²) in [5.41, 5.74) is 4.67. The summed E-state index contributed by atoms with van der Waals surface area (Å²) in [6.45, 7) is 2.09. The fraction of sp³-hybridized carbons (Fsp3) is 0.0625. The average Bonchev–Trinajstić information content (AvgIpc) is 2.91. The molecule has 4 rings (SSSR count). The highest BCUT2D eigenvalue weighted by atomic mass is 15.0. The first kappa shape index (κ1) is 11.1. The standard InChI is InChI=1S/C16H12N4/c1-10-9-14(18-12-6-3-2-5-11(10)12)16-19-13-7-4-8-17-15(13)20-16/h2-9H,1H3,(H,17,19,20). The number of para-hydroxylation sites is 1. The lowest BCUT2D eigenvalue weighted by Crippen LogP contribution is -1.90. The normalized spacial score (nSPS) is 11.2. The number of imidazole rings is 1. The fourth-order valence-corrected chi connectivity index (χ4v) is 2.44. The number of rotatable bonds is 1. The van der Waals surface area contributed by atoms with Crippen LogP contribution in [0.25, 0.3) is 33.6 Å². The Morgan fingerprint density at radius 1 is 1.00 bits per heavy atom. The van der Waals surface area contributed by atoms with E-state index in [-0.39, 0.29) is 0 Å². The molecule has 0 atom stereocenters. The minimum atomic E-state index is 0.718. The Kier molecular flexibility index (Phi) is 2.29. The Bertz CT molecular complexity index is 891. The maximum atomic E-state index is 4.68. The minimum Gasteiger partial charge on any atom is -0.335 e. The molecule has 4 nitrogen and oxygen atoms in total. The van der Waals surface area contributed by atoms with Crippen molar-refractivity contribution < 1.29 is 0 Å². The van der Waals surface area contributed by atoms with Gasteiger partial charge in [0.1, 0.15) is 5.69 Å². The molecule has 0 aliphatic rings. The lowest BCUT2D eigenvalue weighted by atomic mass is 10.1. The van der Waals surface area contributed by atoms with E-state index in [0.29, 0.717) is 0 Å². The predicted molar refractivity (Wildman–Crippen MR) is 79.4 cm³/mol. The Morgan fingerprint density at radius 3 is 2.80 bits per heavy atom. The van der Waals surface area contributed by atoms with Gasteiger partial charge < -0.3 is 4.98 Å². The molecule has 4 heteroatoms. The third kappa shape index (κ3) is 1.66. The van der Waals surface area contributed by atoms with Crippen LogP contribution in [0.5, 0.6) is 0 Å². The lowest BCUT2D eigenvalue weighted by molar-refractivity contribution is 1.24. The Hall–Kier alpha value is -2.75. The summed E-state index contributed by atoms with van der Waals surface area (Å²) in [5, 5.41) is 1.17. The molecule has 0 saturated heterocycles. The molecule has 3 heterocycles. The van der Waals surface area contributed by atoms with Crippen LogP contribution < -0.4 is 0 Å². The Labute approximate surface area is 115 Å². The minimum absolute atomic E-state index is 0.718. The summed E-state index contributed by atoms with van der Waals surface area (Å²) in [6.07, 6.45) is 1.74. The first-order valence-electron chi connectivity index (χ1n) is 6.49. The van der Waals surface area contributed by atoms with E-state index in [1.54, 1.807) is 6.20 Å². The fourth-order valence-electron chi connectivity index (χ4n) is 2.44. The van der Waals surface area contributed by atoms with Gasteiger partial charge in [-0.15, -0.1) is 0 Å². The van der Waals surface area contributed by atoms with Crippen molar-refractivity contribution >= 4 is 22.1 Å². The molecular weight excluding hydrogens is 248 g/mol. The number of nitrogens with one attached hydrogen (secondary N) is 1. The smallest absolute Gasteiger partial charge is 0.178 e. The number of aryl methyl sites for hydroxylation is 1. The molecule has 96 valence electrons. The van der Waals surface area contributed by atoms with Crippen LogP contribution in [0, 0.1) is 6.92 Å². The van der Waals surface area contributed by atoms with Crippen LogP contribution in [0.1, 0.15) is 5.56 Å². The van der Waals surface area contributed by atoms with E-state index in [1.807, 2.05) is 30.3 Å². The zero-order chi connectivity index (χ0) is 13.5. The molecule has 0 radical (unpaired) electrons. The van der Waals surface area contributed by atoms with Crippen LogP contribution >= 0.6 is 0 Å². The highest BCUT2D eigenvalue weighted by Gasteiger charge is 2.09. The summed E-state index contributed by atoms with van der Waals surface area (Å²) in [7, 11) is 0. The van der Waals surface area contributed by atoms with Gasteiger partial charge >= 0.3 is 0 Å². The molecule has 0 aliphatic heterocycles. The summed E-state index contributed by atoms with van der Waals surface area (Å²) in [5.74, 6) is 0.757. The molecule has 0 aliphatic carbocycles. The molecule has 4 aromatic rings. The predicted octanol–water partition coefficient (Wildman–Crippen LogP) is 3.48. The van der Waals surface area contributed by atoms with Crippen molar-refractivity contribution in [2.45, 2.75) is 6.92 Å². The molecule has 1 aromatic carbocycles. The highest BCUT2D eigenvalue weighted by molar-refractivity contribution is 5.85. The van der Waals surface area contributed by atoms with Crippen LogP contribution in [-0.4, -0.2) is 19.9 Å². The number of nitrogens with zero attached hydrogens (tertiary/aromatic N) is 3. The second-order valence-corrected chi connectivity index (χ2v) is 4.80. The molecule has 0 amide bonds. The lowest BCUT2D eigenvalue weighted by Gasteiger charge is -2.04. The van der Waals surface area contributed by atoms with E-state index >= 15 is 0 Å². The van der Waals surface area contributed by atoms with E-state index in [0.717, 1.165) is 28.2 Å². The van der Waals surface area contributed by atoms with E-state index in [4.69, 9.17) is 0 Å². The van der Waals surface area contributed by atoms with Gasteiger partial charge in [-0.2, -0.15) is 0 Å². The number of aromatic nitrogens is 4. The van der Waals surface area contributed by atoms with Crippen molar-refractivity contribution in [3.8, 4) is 11.5 Å². The molecular formula is C16H12N4. The van der Waals surface area contributed by atoms with Gasteiger partial charge in [-0.3, -0.25) is 0 Å². The molecule has 3 aromatic heterocycles. The van der Waals surface area contributed by atoms with Gasteiger partial charge in [0.05, 0.1) is 11.0 Å². The average molecular weight is 260 g/mol. The zero-order valence-corrected chi connectivity index (χ0v) is 11.0. The molecule has 0 bridgehead atoms. The molecule has 1 N–H and O–H groups in total. The van der Waals surface area contributed by atoms with Crippen molar-refractivity contribution in [1.82, 2.24) is 19.9 Å². The van der Waals surface area contributed by atoms with Crippen LogP contribution in [0.2, 0.25) is 0 Å². The molecule has 0 unspecified atom stereocenters. The summed E-state index contributed by atoms with van der Waals surface area (Å²) in [4.78, 5) is 16.7. The third-order valence-electron chi connectivity index (χ3n) is 3.42. The number of aromatic amines is 1. The van der Waals surface area contributed by atoms with E-state index in [9.17, 15) is 0 Å².